The van der Waals surface area contributed by atoms with Crippen LogP contribution in [0.4, 0.5) is 4.39 Å². The molecule has 24 heavy (non-hydrogen) atoms. The number of nitrogens with zero attached hydrogens (tertiary/aromatic N) is 1. The summed E-state index contributed by atoms with van der Waals surface area (Å²) in [6.07, 6.45) is 1.17. The van der Waals surface area contributed by atoms with Crippen molar-refractivity contribution in [1.82, 2.24) is 10.3 Å². The predicted octanol–water partition coefficient (Wildman–Crippen LogP) is 4.27. The molecule has 3 aromatic rings. The van der Waals surface area contributed by atoms with Crippen LogP contribution in [0.15, 0.2) is 42.6 Å². The Kier molecular flexibility index (Phi) is 4.86. The molecule has 0 unspecified atom stereocenters. The second kappa shape index (κ2) is 6.90. The van der Waals surface area contributed by atoms with Gasteiger partial charge in [-0.3, -0.25) is 9.78 Å². The van der Waals surface area contributed by atoms with E-state index in [2.05, 4.69) is 10.3 Å². The molecule has 0 radical (unpaired) electrons. The Balaban J connectivity index is 1.87. The average Bonchev–Trinajstić information content (AvgIpc) is 2.55. The van der Waals surface area contributed by atoms with Crippen LogP contribution < -0.4 is 5.32 Å². The number of fused-ring (bicyclic) bond motifs is 1. The van der Waals surface area contributed by atoms with E-state index in [1.54, 1.807) is 30.3 Å². The molecular weight excluding hydrogens is 446 g/mol. The highest BCUT2D eigenvalue weighted by Gasteiger charge is 2.17. The minimum atomic E-state index is -0.541. The molecule has 0 spiro atoms. The molecule has 1 aromatic heterocycles. The Morgan fingerprint density at radius 3 is 2.71 bits per heavy atom. The molecule has 4 nitrogen and oxygen atoms in total. The molecule has 0 aliphatic carbocycles. The van der Waals surface area contributed by atoms with Gasteiger partial charge in [-0.2, -0.15) is 0 Å². The second-order valence-electron chi connectivity index (χ2n) is 5.11. The number of halogens is 3. The summed E-state index contributed by atoms with van der Waals surface area (Å²) in [5.74, 6) is -1.32. The molecule has 0 atom stereocenters. The third-order valence-electron chi connectivity index (χ3n) is 3.47. The van der Waals surface area contributed by atoms with Crippen molar-refractivity contribution in [2.75, 3.05) is 0 Å². The maximum atomic E-state index is 13.9. The molecule has 122 valence electrons. The molecule has 0 saturated carbocycles. The molecular formula is C17H11ClFIN2O2. The number of carbonyl (C=O) groups is 1. The van der Waals surface area contributed by atoms with Crippen molar-refractivity contribution in [3.8, 4) is 5.75 Å². The average molecular weight is 457 g/mol. The zero-order valence-corrected chi connectivity index (χ0v) is 15.1. The Labute approximate surface area is 155 Å². The van der Waals surface area contributed by atoms with E-state index in [0.717, 1.165) is 5.56 Å². The maximum absolute atomic E-state index is 13.9. The lowest BCUT2D eigenvalue weighted by molar-refractivity contribution is 0.0948. The van der Waals surface area contributed by atoms with Gasteiger partial charge < -0.3 is 10.4 Å². The van der Waals surface area contributed by atoms with Crippen molar-refractivity contribution >= 4 is 51.0 Å². The maximum Gasteiger partial charge on any atom is 0.256 e. The van der Waals surface area contributed by atoms with Gasteiger partial charge in [-0.15, -0.1) is 0 Å². The molecule has 0 bridgehead atoms. The van der Waals surface area contributed by atoms with Gasteiger partial charge in [0.2, 0.25) is 0 Å². The first-order valence-corrected chi connectivity index (χ1v) is 8.41. The molecule has 0 aliphatic rings. The van der Waals surface area contributed by atoms with Gasteiger partial charge in [-0.25, -0.2) is 4.39 Å². The number of hydrogen-bond donors (Lipinski definition) is 2. The van der Waals surface area contributed by atoms with Crippen molar-refractivity contribution in [1.29, 1.82) is 0 Å². The number of hydrogen-bond acceptors (Lipinski definition) is 3. The fourth-order valence-corrected chi connectivity index (χ4v) is 2.97. The van der Waals surface area contributed by atoms with E-state index >= 15 is 0 Å². The van der Waals surface area contributed by atoms with Gasteiger partial charge in [0, 0.05) is 26.7 Å². The summed E-state index contributed by atoms with van der Waals surface area (Å²) in [4.78, 5) is 16.2. The SMILES string of the molecule is O=C(NCc1ccc(Cl)cc1)c1cnc2c(F)cc(I)cc2c1O. The number of nitrogens with one attached hydrogen (secondary N) is 1. The minimum Gasteiger partial charge on any atom is -0.506 e. The monoisotopic (exact) mass is 456 g/mol. The van der Waals surface area contributed by atoms with Gasteiger partial charge in [-0.1, -0.05) is 23.7 Å². The number of rotatable bonds is 3. The van der Waals surface area contributed by atoms with Crippen LogP contribution in [0.3, 0.4) is 0 Å². The van der Waals surface area contributed by atoms with Gasteiger partial charge in [0.25, 0.3) is 5.91 Å². The van der Waals surface area contributed by atoms with E-state index in [0.29, 0.717) is 8.59 Å². The number of amides is 1. The Hall–Kier alpha value is -1.93. The van der Waals surface area contributed by atoms with Crippen molar-refractivity contribution in [3.63, 3.8) is 0 Å². The lowest BCUT2D eigenvalue weighted by Gasteiger charge is -2.09. The van der Waals surface area contributed by atoms with Crippen LogP contribution >= 0.6 is 34.2 Å². The number of aromatic hydroxyl groups is 1. The molecule has 1 heterocycles. The summed E-state index contributed by atoms with van der Waals surface area (Å²) in [7, 11) is 0. The van der Waals surface area contributed by atoms with Crippen LogP contribution in [0.1, 0.15) is 15.9 Å². The predicted molar refractivity (Wildman–Crippen MR) is 98.7 cm³/mol. The normalized spacial score (nSPS) is 10.8. The Bertz CT molecular complexity index is 932. The fraction of sp³-hybridized carbons (Fsp3) is 0.0588. The van der Waals surface area contributed by atoms with Gasteiger partial charge >= 0.3 is 0 Å². The highest BCUT2D eigenvalue weighted by molar-refractivity contribution is 14.1. The van der Waals surface area contributed by atoms with Crippen LogP contribution in [0, 0.1) is 9.39 Å². The van der Waals surface area contributed by atoms with Gasteiger partial charge in [-0.05, 0) is 52.4 Å². The highest BCUT2D eigenvalue weighted by Crippen LogP contribution is 2.30. The van der Waals surface area contributed by atoms with E-state index in [1.165, 1.54) is 12.3 Å². The largest absolute Gasteiger partial charge is 0.506 e. The van der Waals surface area contributed by atoms with Crippen LogP contribution in [-0.4, -0.2) is 16.0 Å². The number of benzene rings is 2. The van der Waals surface area contributed by atoms with E-state index in [1.807, 2.05) is 22.6 Å². The molecule has 0 aliphatic heterocycles. The van der Waals surface area contributed by atoms with Crippen molar-refractivity contribution < 1.29 is 14.3 Å². The quantitative estimate of drug-likeness (QED) is 0.579. The van der Waals surface area contributed by atoms with Gasteiger partial charge in [0.15, 0.2) is 5.82 Å². The summed E-state index contributed by atoms with van der Waals surface area (Å²) in [5, 5.41) is 13.8. The van der Waals surface area contributed by atoms with Gasteiger partial charge in [0.05, 0.1) is 0 Å². The van der Waals surface area contributed by atoms with Crippen molar-refractivity contribution in [2.24, 2.45) is 0 Å². The third kappa shape index (κ3) is 3.44. The number of carbonyl (C=O) groups excluding carboxylic acids is 1. The lowest BCUT2D eigenvalue weighted by atomic mass is 10.1. The zero-order valence-electron chi connectivity index (χ0n) is 12.2. The van der Waals surface area contributed by atoms with Crippen molar-refractivity contribution in [2.45, 2.75) is 6.54 Å². The van der Waals surface area contributed by atoms with E-state index in [4.69, 9.17) is 11.6 Å². The molecule has 2 N–H and O–H groups in total. The Morgan fingerprint density at radius 2 is 2.00 bits per heavy atom. The Morgan fingerprint density at radius 1 is 1.29 bits per heavy atom. The van der Waals surface area contributed by atoms with Crippen LogP contribution in [-0.2, 0) is 6.54 Å². The van der Waals surface area contributed by atoms with Crippen LogP contribution in [0.2, 0.25) is 5.02 Å². The van der Waals surface area contributed by atoms with Gasteiger partial charge in [0.1, 0.15) is 16.8 Å². The summed E-state index contributed by atoms with van der Waals surface area (Å²) in [5.41, 5.74) is 0.890. The lowest BCUT2D eigenvalue weighted by Crippen LogP contribution is -2.23. The fourth-order valence-electron chi connectivity index (χ4n) is 2.26. The first-order chi connectivity index (χ1) is 11.5. The summed E-state index contributed by atoms with van der Waals surface area (Å²) >= 11 is 7.75. The molecule has 0 fully saturated rings. The summed E-state index contributed by atoms with van der Waals surface area (Å²) in [6.45, 7) is 0.272. The van der Waals surface area contributed by atoms with Crippen molar-refractivity contribution in [3.05, 3.63) is 68.1 Å². The number of pyridine rings is 1. The van der Waals surface area contributed by atoms with E-state index in [9.17, 15) is 14.3 Å². The first-order valence-electron chi connectivity index (χ1n) is 6.95. The summed E-state index contributed by atoms with van der Waals surface area (Å²) in [6, 6.07) is 9.93. The molecule has 0 saturated heterocycles. The van der Waals surface area contributed by atoms with Crippen LogP contribution in [0.25, 0.3) is 10.9 Å². The molecule has 2 aromatic carbocycles. The molecule has 3 rings (SSSR count). The van der Waals surface area contributed by atoms with E-state index < -0.39 is 11.7 Å². The highest BCUT2D eigenvalue weighted by atomic mass is 127. The summed E-state index contributed by atoms with van der Waals surface area (Å²) < 4.78 is 14.5. The standard InChI is InChI=1S/C17H11ClFIN2O2/c18-10-3-1-9(2-4-10)7-22-17(24)13-8-21-15-12(16(13)23)5-11(20)6-14(15)19/h1-6,8H,7H2,(H,21,23)(H,22,24). The van der Waals surface area contributed by atoms with Crippen LogP contribution in [0.5, 0.6) is 5.75 Å². The molecule has 1 amide bonds. The molecule has 7 heteroatoms. The minimum absolute atomic E-state index is 0.00198. The smallest absolute Gasteiger partial charge is 0.256 e. The first kappa shape index (κ1) is 16.9. The second-order valence-corrected chi connectivity index (χ2v) is 6.80. The zero-order chi connectivity index (χ0) is 17.3. The number of aromatic nitrogens is 1. The third-order valence-corrected chi connectivity index (χ3v) is 4.35. The topological polar surface area (TPSA) is 62.2 Å². The van der Waals surface area contributed by atoms with E-state index in [-0.39, 0.29) is 28.8 Å².